The molecule has 2 heterocycles. The van der Waals surface area contributed by atoms with Crippen LogP contribution in [0.5, 0.6) is 5.75 Å². The third-order valence-corrected chi connectivity index (χ3v) is 6.96. The van der Waals surface area contributed by atoms with Crippen LogP contribution in [0.1, 0.15) is 47.6 Å². The van der Waals surface area contributed by atoms with Gasteiger partial charge < -0.3 is 4.74 Å². The molecule has 4 heteroatoms. The highest BCUT2D eigenvalue weighted by Crippen LogP contribution is 2.39. The Bertz CT molecular complexity index is 820. The Morgan fingerprint density at radius 1 is 1.00 bits per heavy atom. The van der Waals surface area contributed by atoms with E-state index in [0.717, 1.165) is 37.0 Å². The van der Waals surface area contributed by atoms with Crippen LogP contribution in [0.15, 0.2) is 36.4 Å². The number of benzene rings is 2. The number of methoxy groups -OCH3 is 1. The van der Waals surface area contributed by atoms with E-state index in [1.807, 2.05) is 12.1 Å². The van der Waals surface area contributed by atoms with Crippen LogP contribution in [-0.2, 0) is 6.54 Å². The van der Waals surface area contributed by atoms with Gasteiger partial charge in [0, 0.05) is 43.3 Å². The van der Waals surface area contributed by atoms with Crippen molar-refractivity contribution in [2.75, 3.05) is 26.7 Å². The first-order chi connectivity index (χ1) is 13.6. The second-order valence-corrected chi connectivity index (χ2v) is 8.74. The minimum Gasteiger partial charge on any atom is -0.496 e. The number of ether oxygens (including phenoxy) is 1. The van der Waals surface area contributed by atoms with Crippen LogP contribution in [-0.4, -0.2) is 42.6 Å². The average Bonchev–Trinajstić information content (AvgIpc) is 2.71. The Morgan fingerprint density at radius 2 is 1.79 bits per heavy atom. The van der Waals surface area contributed by atoms with Gasteiger partial charge in [0.25, 0.3) is 0 Å². The SMILES string of the molecule is COc1ccc([C@H]2CCC[C@H]3CN(Cc4ccc(Cl)cc4)CCN32)c(C)c1C. The smallest absolute Gasteiger partial charge is 0.122 e. The van der Waals surface area contributed by atoms with Crippen LogP contribution in [0.3, 0.4) is 0 Å². The molecule has 0 aliphatic carbocycles. The Hall–Kier alpha value is -1.55. The van der Waals surface area contributed by atoms with Crippen molar-refractivity contribution in [1.29, 1.82) is 0 Å². The van der Waals surface area contributed by atoms with Crippen molar-refractivity contribution in [3.63, 3.8) is 0 Å². The maximum atomic E-state index is 6.03. The van der Waals surface area contributed by atoms with Crippen molar-refractivity contribution in [2.45, 2.75) is 51.7 Å². The molecule has 4 rings (SSSR count). The summed E-state index contributed by atoms with van der Waals surface area (Å²) in [4.78, 5) is 5.38. The normalized spacial score (nSPS) is 23.4. The number of piperazine rings is 1. The summed E-state index contributed by atoms with van der Waals surface area (Å²) in [5, 5.41) is 0.814. The van der Waals surface area contributed by atoms with Crippen molar-refractivity contribution in [1.82, 2.24) is 9.80 Å². The summed E-state index contributed by atoms with van der Waals surface area (Å²) in [6.07, 6.45) is 3.88. The highest BCUT2D eigenvalue weighted by atomic mass is 35.5. The van der Waals surface area contributed by atoms with E-state index in [1.165, 1.54) is 41.5 Å². The molecule has 2 aliphatic heterocycles. The highest BCUT2D eigenvalue weighted by molar-refractivity contribution is 6.30. The van der Waals surface area contributed by atoms with E-state index in [2.05, 4.69) is 47.9 Å². The van der Waals surface area contributed by atoms with Gasteiger partial charge in [0.15, 0.2) is 0 Å². The summed E-state index contributed by atoms with van der Waals surface area (Å²) in [7, 11) is 1.76. The standard InChI is InChI=1S/C24H31ClN2O/c1-17-18(2)24(28-3)12-11-22(17)23-6-4-5-21-16-26(13-14-27(21)23)15-19-7-9-20(25)10-8-19/h7-12,21,23H,4-6,13-16H2,1-3H3/t21-,23+/m0/s1. The number of rotatable bonds is 4. The quantitative estimate of drug-likeness (QED) is 0.687. The van der Waals surface area contributed by atoms with Gasteiger partial charge in [-0.3, -0.25) is 9.80 Å². The maximum Gasteiger partial charge on any atom is 0.122 e. The monoisotopic (exact) mass is 398 g/mol. The zero-order valence-corrected chi connectivity index (χ0v) is 18.0. The van der Waals surface area contributed by atoms with Gasteiger partial charge in [0.05, 0.1) is 7.11 Å². The van der Waals surface area contributed by atoms with E-state index < -0.39 is 0 Å². The number of fused-ring (bicyclic) bond motifs is 1. The average molecular weight is 399 g/mol. The lowest BCUT2D eigenvalue weighted by Crippen LogP contribution is -2.55. The molecule has 0 aromatic heterocycles. The fraction of sp³-hybridized carbons (Fsp3) is 0.500. The minimum atomic E-state index is 0.543. The van der Waals surface area contributed by atoms with E-state index in [4.69, 9.17) is 16.3 Å². The van der Waals surface area contributed by atoms with E-state index in [9.17, 15) is 0 Å². The van der Waals surface area contributed by atoms with Gasteiger partial charge in [0.2, 0.25) is 0 Å². The molecule has 0 N–H and O–H groups in total. The summed E-state index contributed by atoms with van der Waals surface area (Å²) in [5.41, 5.74) is 5.53. The molecular weight excluding hydrogens is 368 g/mol. The molecule has 150 valence electrons. The maximum absolute atomic E-state index is 6.03. The fourth-order valence-corrected chi connectivity index (χ4v) is 5.16. The van der Waals surface area contributed by atoms with Crippen molar-refractivity contribution in [3.8, 4) is 5.75 Å². The van der Waals surface area contributed by atoms with E-state index >= 15 is 0 Å². The van der Waals surface area contributed by atoms with Crippen molar-refractivity contribution in [3.05, 3.63) is 63.7 Å². The number of halogens is 1. The molecule has 0 saturated carbocycles. The second kappa shape index (κ2) is 8.44. The Morgan fingerprint density at radius 3 is 2.54 bits per heavy atom. The summed E-state index contributed by atoms with van der Waals surface area (Å²) in [6.45, 7) is 8.90. The Kier molecular flexibility index (Phi) is 5.96. The molecule has 2 aromatic carbocycles. The number of hydrogen-bond acceptors (Lipinski definition) is 3. The summed E-state index contributed by atoms with van der Waals surface area (Å²) in [5.74, 6) is 1.00. The van der Waals surface area contributed by atoms with Gasteiger partial charge in [-0.05, 0) is 73.6 Å². The van der Waals surface area contributed by atoms with Gasteiger partial charge >= 0.3 is 0 Å². The lowest BCUT2D eigenvalue weighted by molar-refractivity contribution is 0.00617. The summed E-state index contributed by atoms with van der Waals surface area (Å²) >= 11 is 6.03. The van der Waals surface area contributed by atoms with Crippen LogP contribution in [0.25, 0.3) is 0 Å². The van der Waals surface area contributed by atoms with Crippen LogP contribution in [0, 0.1) is 13.8 Å². The summed E-state index contributed by atoms with van der Waals surface area (Å²) in [6, 6.07) is 14.0. The van der Waals surface area contributed by atoms with Crippen molar-refractivity contribution >= 4 is 11.6 Å². The first-order valence-electron chi connectivity index (χ1n) is 10.4. The van der Waals surface area contributed by atoms with Gasteiger partial charge in [-0.1, -0.05) is 29.8 Å². The molecular formula is C24H31ClN2O. The van der Waals surface area contributed by atoms with Gasteiger partial charge in [-0.15, -0.1) is 0 Å². The first kappa shape index (κ1) is 19.8. The van der Waals surface area contributed by atoms with Gasteiger partial charge in [-0.25, -0.2) is 0 Å². The van der Waals surface area contributed by atoms with Crippen LogP contribution < -0.4 is 4.74 Å². The fourth-order valence-electron chi connectivity index (χ4n) is 5.04. The molecule has 0 bridgehead atoms. The lowest BCUT2D eigenvalue weighted by atomic mass is 9.86. The molecule has 0 radical (unpaired) electrons. The van der Waals surface area contributed by atoms with E-state index in [-0.39, 0.29) is 0 Å². The zero-order chi connectivity index (χ0) is 19.7. The zero-order valence-electron chi connectivity index (χ0n) is 17.2. The molecule has 3 nitrogen and oxygen atoms in total. The van der Waals surface area contributed by atoms with Crippen molar-refractivity contribution < 1.29 is 4.74 Å². The van der Waals surface area contributed by atoms with E-state index in [1.54, 1.807) is 7.11 Å². The molecule has 2 saturated heterocycles. The van der Waals surface area contributed by atoms with Crippen LogP contribution in [0.2, 0.25) is 5.02 Å². The predicted molar refractivity (Wildman–Crippen MR) is 116 cm³/mol. The minimum absolute atomic E-state index is 0.543. The third kappa shape index (κ3) is 3.94. The molecule has 0 unspecified atom stereocenters. The van der Waals surface area contributed by atoms with Gasteiger partial charge in [-0.2, -0.15) is 0 Å². The Labute approximate surface area is 174 Å². The predicted octanol–water partition coefficient (Wildman–Crippen LogP) is 5.38. The Balaban J connectivity index is 1.48. The largest absolute Gasteiger partial charge is 0.496 e. The second-order valence-electron chi connectivity index (χ2n) is 8.31. The third-order valence-electron chi connectivity index (χ3n) is 6.71. The topological polar surface area (TPSA) is 15.7 Å². The molecule has 2 aliphatic rings. The molecule has 2 aromatic rings. The molecule has 0 amide bonds. The van der Waals surface area contributed by atoms with Gasteiger partial charge in [0.1, 0.15) is 5.75 Å². The van der Waals surface area contributed by atoms with Crippen LogP contribution >= 0.6 is 11.6 Å². The molecule has 2 fully saturated rings. The molecule has 2 atom stereocenters. The van der Waals surface area contributed by atoms with Crippen molar-refractivity contribution in [2.24, 2.45) is 0 Å². The first-order valence-corrected chi connectivity index (χ1v) is 10.8. The molecule has 28 heavy (non-hydrogen) atoms. The van der Waals surface area contributed by atoms with Crippen LogP contribution in [0.4, 0.5) is 0 Å². The highest BCUT2D eigenvalue weighted by Gasteiger charge is 2.36. The number of nitrogens with zero attached hydrogens (tertiary/aromatic N) is 2. The molecule has 0 spiro atoms. The van der Waals surface area contributed by atoms with E-state index in [0.29, 0.717) is 12.1 Å². The number of hydrogen-bond donors (Lipinski definition) is 0. The summed E-state index contributed by atoms with van der Waals surface area (Å²) < 4.78 is 5.52. The number of piperidine rings is 1. The lowest BCUT2D eigenvalue weighted by Gasteiger charge is -2.49.